The highest BCUT2D eigenvalue weighted by molar-refractivity contribution is 8.00. The number of benzene rings is 7. The number of hydrogen-bond acceptors (Lipinski definition) is 4. The molecule has 2 aliphatic carbocycles. The largest absolute Gasteiger partial charge is 0.310 e. The lowest BCUT2D eigenvalue weighted by Gasteiger charge is -2.26. The van der Waals surface area contributed by atoms with E-state index in [1.807, 2.05) is 29.2 Å². The smallest absolute Gasteiger partial charge is 0.101 e. The van der Waals surface area contributed by atoms with E-state index in [1.165, 1.54) is 57.9 Å². The summed E-state index contributed by atoms with van der Waals surface area (Å²) in [6.45, 7) is 0. The average molecular weight is 775 g/mol. The highest BCUT2D eigenvalue weighted by atomic mass is 32.2. The van der Waals surface area contributed by atoms with E-state index in [9.17, 15) is 10.5 Å². The maximum absolute atomic E-state index is 11.2. The molecule has 13 rings (SSSR count). The van der Waals surface area contributed by atoms with E-state index in [1.54, 1.807) is 0 Å². The van der Waals surface area contributed by atoms with Crippen LogP contribution in [0.2, 0.25) is 0 Å². The number of para-hydroxylation sites is 2. The minimum atomic E-state index is -0.505. The van der Waals surface area contributed by atoms with Gasteiger partial charge in [0.25, 0.3) is 0 Å². The highest BCUT2D eigenvalue weighted by Gasteiger charge is 2.39. The number of nitriles is 2. The van der Waals surface area contributed by atoms with Crippen LogP contribution in [-0.2, 0) is 0 Å². The SMILES string of the molecule is N#CC1=C(n2c3ccccc3c3ccc4c(c32)SC2C=Cc3ccccc3C42)CC(C#N)C(n2c3ccccc3c3ccc4c(sc5ccc6ccccc6c54)c32)=C1. The molecule has 58 heavy (non-hydrogen) atoms. The molecule has 4 nitrogen and oxygen atoms in total. The fraction of sp³-hybridized carbons (Fsp3) is 0.0769. The molecule has 0 radical (unpaired) electrons. The predicted molar refractivity (Wildman–Crippen MR) is 243 cm³/mol. The van der Waals surface area contributed by atoms with Gasteiger partial charge in [-0.3, -0.25) is 0 Å². The summed E-state index contributed by atoms with van der Waals surface area (Å²) in [5.74, 6) is -0.250. The van der Waals surface area contributed by atoms with E-state index in [4.69, 9.17) is 0 Å². The molecule has 3 aliphatic rings. The van der Waals surface area contributed by atoms with Gasteiger partial charge in [-0.15, -0.1) is 23.1 Å². The topological polar surface area (TPSA) is 57.4 Å². The van der Waals surface area contributed by atoms with Crippen molar-refractivity contribution in [2.75, 3.05) is 0 Å². The monoisotopic (exact) mass is 774 g/mol. The van der Waals surface area contributed by atoms with E-state index in [-0.39, 0.29) is 11.2 Å². The Morgan fingerprint density at radius 3 is 2.16 bits per heavy atom. The average Bonchev–Trinajstić information content (AvgIpc) is 4.04. The van der Waals surface area contributed by atoms with Crippen LogP contribution in [0.4, 0.5) is 0 Å². The first-order chi connectivity index (χ1) is 28.7. The molecule has 270 valence electrons. The van der Waals surface area contributed by atoms with Gasteiger partial charge in [0.1, 0.15) is 6.07 Å². The van der Waals surface area contributed by atoms with Gasteiger partial charge in [0, 0.05) is 70.9 Å². The van der Waals surface area contributed by atoms with Crippen molar-refractivity contribution in [2.24, 2.45) is 5.92 Å². The third-order valence-electron chi connectivity index (χ3n) is 12.9. The summed E-state index contributed by atoms with van der Waals surface area (Å²) in [4.78, 5) is 1.26. The van der Waals surface area contributed by atoms with Crippen LogP contribution in [0.15, 0.2) is 156 Å². The number of rotatable bonds is 2. The van der Waals surface area contributed by atoms with Gasteiger partial charge in [-0.2, -0.15) is 10.5 Å². The molecule has 4 heterocycles. The quantitative estimate of drug-likeness (QED) is 0.176. The molecule has 0 bridgehead atoms. The molecule has 3 atom stereocenters. The number of nitrogens with zero attached hydrogens (tertiary/aromatic N) is 4. The second kappa shape index (κ2) is 11.9. The van der Waals surface area contributed by atoms with E-state index in [0.29, 0.717) is 12.0 Å². The van der Waals surface area contributed by atoms with Crippen LogP contribution in [-0.4, -0.2) is 14.4 Å². The van der Waals surface area contributed by atoms with E-state index >= 15 is 0 Å². The minimum Gasteiger partial charge on any atom is -0.310 e. The minimum absolute atomic E-state index is 0.255. The first kappa shape index (κ1) is 32.3. The summed E-state index contributed by atoms with van der Waals surface area (Å²) in [5.41, 5.74) is 10.6. The predicted octanol–water partition coefficient (Wildman–Crippen LogP) is 13.9. The Hall–Kier alpha value is -6.83. The number of thiophene rings is 1. The van der Waals surface area contributed by atoms with Gasteiger partial charge in [0.15, 0.2) is 0 Å². The van der Waals surface area contributed by atoms with Crippen molar-refractivity contribution in [3.8, 4) is 12.1 Å². The molecule has 3 unspecified atom stereocenters. The van der Waals surface area contributed by atoms with Crippen LogP contribution < -0.4 is 0 Å². The summed E-state index contributed by atoms with van der Waals surface area (Å²) < 4.78 is 7.07. The molecule has 7 aromatic carbocycles. The highest BCUT2D eigenvalue weighted by Crippen LogP contribution is 2.56. The van der Waals surface area contributed by atoms with Crippen LogP contribution in [0.3, 0.4) is 0 Å². The number of thioether (sulfide) groups is 1. The summed E-state index contributed by atoms with van der Waals surface area (Å²) in [6.07, 6.45) is 7.06. The zero-order valence-corrected chi connectivity index (χ0v) is 32.6. The van der Waals surface area contributed by atoms with Crippen LogP contribution in [0.1, 0.15) is 29.0 Å². The lowest BCUT2D eigenvalue weighted by molar-refractivity contribution is 0.798. The van der Waals surface area contributed by atoms with Gasteiger partial charge in [-0.25, -0.2) is 0 Å². The van der Waals surface area contributed by atoms with Crippen molar-refractivity contribution in [3.63, 3.8) is 0 Å². The first-order valence-corrected chi connectivity index (χ1v) is 21.4. The molecule has 0 saturated heterocycles. The van der Waals surface area contributed by atoms with Crippen LogP contribution in [0.25, 0.3) is 92.0 Å². The molecule has 6 heteroatoms. The lowest BCUT2D eigenvalue weighted by Crippen LogP contribution is -2.16. The summed E-state index contributed by atoms with van der Waals surface area (Å²) >= 11 is 3.74. The Morgan fingerprint density at radius 2 is 1.33 bits per heavy atom. The van der Waals surface area contributed by atoms with Gasteiger partial charge >= 0.3 is 0 Å². The van der Waals surface area contributed by atoms with Crippen molar-refractivity contribution in [3.05, 3.63) is 168 Å². The van der Waals surface area contributed by atoms with Gasteiger partial charge < -0.3 is 9.13 Å². The molecule has 1 aliphatic heterocycles. The Kier molecular flexibility index (Phi) is 6.59. The third kappa shape index (κ3) is 4.18. The number of fused-ring (bicyclic) bond motifs is 18. The Bertz CT molecular complexity index is 3690. The third-order valence-corrected chi connectivity index (χ3v) is 15.4. The maximum atomic E-state index is 11.2. The van der Waals surface area contributed by atoms with Crippen LogP contribution >= 0.6 is 23.1 Å². The standard InChI is InChI=1S/C52H30N4S2/c53-27-31-26-44(56-42-16-8-6-14-36(42)38-20-22-40-48-34-12-4-2-10-30(34)18-24-46(48)58-52(40)50(38)56)32(28-54)25-43(31)55-41-15-7-5-13-35(41)37-19-21-39-47-33-11-3-1-9-29(33)17-23-45(47)57-51(39)49(37)55/h1-25,31,46,48H,26H2. The summed E-state index contributed by atoms with van der Waals surface area (Å²) in [7, 11) is 0. The normalized spacial score (nSPS) is 18.7. The first-order valence-electron chi connectivity index (χ1n) is 19.7. The van der Waals surface area contributed by atoms with Crippen LogP contribution in [0, 0.1) is 28.6 Å². The fourth-order valence-corrected chi connectivity index (χ4v) is 13.2. The molecule has 0 amide bonds. The zero-order valence-electron chi connectivity index (χ0n) is 31.0. The van der Waals surface area contributed by atoms with E-state index < -0.39 is 5.92 Å². The molecular weight excluding hydrogens is 745 g/mol. The summed E-state index contributed by atoms with van der Waals surface area (Å²) in [6, 6.07) is 53.4. The van der Waals surface area contributed by atoms with Gasteiger partial charge in [0.05, 0.1) is 44.3 Å². The molecule has 0 spiro atoms. The molecule has 10 aromatic rings. The molecular formula is C52H30N4S2. The van der Waals surface area contributed by atoms with Crippen molar-refractivity contribution in [1.29, 1.82) is 10.5 Å². The molecule has 0 fully saturated rings. The van der Waals surface area contributed by atoms with Crippen molar-refractivity contribution < 1.29 is 0 Å². The molecule has 0 saturated carbocycles. The van der Waals surface area contributed by atoms with Gasteiger partial charge in [0.2, 0.25) is 0 Å². The molecule has 3 aromatic heterocycles. The Labute approximate surface area is 341 Å². The lowest BCUT2D eigenvalue weighted by atomic mass is 9.82. The van der Waals surface area contributed by atoms with E-state index in [2.05, 4.69) is 167 Å². The number of aromatic nitrogens is 2. The van der Waals surface area contributed by atoms with Crippen LogP contribution in [0.5, 0.6) is 0 Å². The summed E-state index contributed by atoms with van der Waals surface area (Å²) in [5, 5.41) is 32.2. The van der Waals surface area contributed by atoms with Crippen molar-refractivity contribution >= 4 is 115 Å². The fourth-order valence-electron chi connectivity index (χ4n) is 10.4. The molecule has 0 N–H and O–H groups in total. The Morgan fingerprint density at radius 1 is 0.621 bits per heavy atom. The number of hydrogen-bond donors (Lipinski definition) is 0. The van der Waals surface area contributed by atoms with Gasteiger partial charge in [-0.05, 0) is 51.7 Å². The maximum Gasteiger partial charge on any atom is 0.101 e. The second-order valence-electron chi connectivity index (χ2n) is 15.7. The zero-order chi connectivity index (χ0) is 38.2. The Balaban J connectivity index is 1.09. The van der Waals surface area contributed by atoms with Crippen molar-refractivity contribution in [2.45, 2.75) is 22.5 Å². The second-order valence-corrected chi connectivity index (χ2v) is 17.9. The van der Waals surface area contributed by atoms with E-state index in [0.717, 1.165) is 49.6 Å². The number of allylic oxidation sites excluding steroid dienone is 4. The van der Waals surface area contributed by atoms with Crippen molar-refractivity contribution in [1.82, 2.24) is 9.13 Å². The van der Waals surface area contributed by atoms with Gasteiger partial charge in [-0.1, -0.05) is 127 Å².